The van der Waals surface area contributed by atoms with Gasteiger partial charge in [0.05, 0.1) is 16.3 Å². The first-order valence-electron chi connectivity index (χ1n) is 7.93. The van der Waals surface area contributed by atoms with Crippen LogP contribution in [0.3, 0.4) is 0 Å². The number of aromatic nitrogens is 2. The molecule has 2 aromatic heterocycles. The van der Waals surface area contributed by atoms with Gasteiger partial charge in [-0.2, -0.15) is 4.98 Å². The highest BCUT2D eigenvalue weighted by Crippen LogP contribution is 2.26. The van der Waals surface area contributed by atoms with Gasteiger partial charge in [-0.15, -0.1) is 11.3 Å². The Morgan fingerprint density at radius 2 is 2.04 bits per heavy atom. The molecule has 0 bridgehead atoms. The fraction of sp³-hybridized carbons (Fsp3) is 0.294. The quantitative estimate of drug-likeness (QED) is 0.693. The van der Waals surface area contributed by atoms with Gasteiger partial charge in [-0.1, -0.05) is 11.2 Å². The van der Waals surface area contributed by atoms with Gasteiger partial charge in [0.2, 0.25) is 21.7 Å². The highest BCUT2D eigenvalue weighted by molar-refractivity contribution is 7.89. The van der Waals surface area contributed by atoms with Gasteiger partial charge in [0.25, 0.3) is 0 Å². The molecule has 0 radical (unpaired) electrons. The number of thiophene rings is 1. The Balaban J connectivity index is 1.83. The third-order valence-electron chi connectivity index (χ3n) is 4.06. The Labute approximate surface area is 156 Å². The first kappa shape index (κ1) is 18.6. The average molecular weight is 393 g/mol. The molecule has 1 aromatic carbocycles. The van der Waals surface area contributed by atoms with E-state index in [1.807, 2.05) is 31.4 Å². The summed E-state index contributed by atoms with van der Waals surface area (Å²) in [5.41, 5.74) is 2.59. The molecular weight excluding hydrogens is 372 g/mol. The van der Waals surface area contributed by atoms with E-state index in [0.717, 1.165) is 21.7 Å². The minimum Gasteiger partial charge on any atom is -0.376 e. The summed E-state index contributed by atoms with van der Waals surface area (Å²) < 4.78 is 31.3. The van der Waals surface area contributed by atoms with Crippen LogP contribution < -0.4 is 5.32 Å². The molecule has 0 aliphatic heterocycles. The van der Waals surface area contributed by atoms with E-state index in [-0.39, 0.29) is 4.90 Å². The van der Waals surface area contributed by atoms with Crippen LogP contribution in [0.1, 0.15) is 17.0 Å². The van der Waals surface area contributed by atoms with E-state index in [1.54, 1.807) is 12.1 Å². The fourth-order valence-corrected chi connectivity index (χ4v) is 4.04. The van der Waals surface area contributed by atoms with E-state index in [2.05, 4.69) is 15.5 Å². The van der Waals surface area contributed by atoms with Crippen LogP contribution in [0.25, 0.3) is 10.7 Å². The molecule has 138 valence electrons. The van der Waals surface area contributed by atoms with Crippen molar-refractivity contribution in [2.24, 2.45) is 0 Å². The number of aryl methyl sites for hydroxylation is 1. The number of hydrogen-bond donors (Lipinski definition) is 1. The van der Waals surface area contributed by atoms with Crippen molar-refractivity contribution in [3.63, 3.8) is 0 Å². The number of anilines is 1. The zero-order valence-electron chi connectivity index (χ0n) is 15.0. The molecule has 9 heteroatoms. The lowest BCUT2D eigenvalue weighted by Crippen LogP contribution is -2.22. The molecule has 0 fully saturated rings. The lowest BCUT2D eigenvalue weighted by atomic mass is 10.1. The zero-order chi connectivity index (χ0) is 18.9. The maximum atomic E-state index is 12.4. The molecule has 1 N–H and O–H groups in total. The summed E-state index contributed by atoms with van der Waals surface area (Å²) >= 11 is 1.54. The van der Waals surface area contributed by atoms with Crippen LogP contribution in [0, 0.1) is 13.8 Å². The summed E-state index contributed by atoms with van der Waals surface area (Å²) in [6.07, 6.45) is 0. The van der Waals surface area contributed by atoms with E-state index in [0.29, 0.717) is 18.3 Å². The van der Waals surface area contributed by atoms with E-state index >= 15 is 0 Å². The lowest BCUT2D eigenvalue weighted by Gasteiger charge is -2.16. The molecule has 3 aromatic rings. The van der Waals surface area contributed by atoms with Crippen LogP contribution in [0.2, 0.25) is 0 Å². The largest absolute Gasteiger partial charge is 0.376 e. The van der Waals surface area contributed by atoms with Gasteiger partial charge in [0, 0.05) is 19.8 Å². The van der Waals surface area contributed by atoms with Crippen molar-refractivity contribution in [1.82, 2.24) is 14.4 Å². The van der Waals surface area contributed by atoms with Gasteiger partial charge in [-0.05, 0) is 48.6 Å². The summed E-state index contributed by atoms with van der Waals surface area (Å²) in [6.45, 7) is 4.13. The van der Waals surface area contributed by atoms with Gasteiger partial charge in [0.15, 0.2) is 0 Å². The number of nitrogens with one attached hydrogen (secondary N) is 1. The van der Waals surface area contributed by atoms with Crippen molar-refractivity contribution in [2.75, 3.05) is 19.4 Å². The van der Waals surface area contributed by atoms with Crippen molar-refractivity contribution in [3.8, 4) is 10.7 Å². The number of benzene rings is 1. The maximum Gasteiger partial charge on any atom is 0.246 e. The Hall–Kier alpha value is -2.23. The Morgan fingerprint density at radius 1 is 1.27 bits per heavy atom. The molecule has 0 aliphatic carbocycles. The van der Waals surface area contributed by atoms with Gasteiger partial charge in [0.1, 0.15) is 0 Å². The van der Waals surface area contributed by atoms with Gasteiger partial charge in [-0.25, -0.2) is 12.7 Å². The molecule has 7 nitrogen and oxygen atoms in total. The number of nitrogens with zero attached hydrogens (tertiary/aromatic N) is 3. The molecule has 3 rings (SSSR count). The minimum absolute atomic E-state index is 0.248. The second kappa shape index (κ2) is 7.18. The molecule has 0 amide bonds. The smallest absolute Gasteiger partial charge is 0.246 e. The molecule has 0 aliphatic rings. The molecular formula is C17H20N4O3S2. The van der Waals surface area contributed by atoms with Gasteiger partial charge >= 0.3 is 0 Å². The molecule has 2 heterocycles. The number of sulfonamides is 1. The number of rotatable bonds is 6. The van der Waals surface area contributed by atoms with Crippen molar-refractivity contribution < 1.29 is 12.9 Å². The molecule has 26 heavy (non-hydrogen) atoms. The average Bonchev–Trinajstić information content (AvgIpc) is 3.26. The molecule has 0 spiro atoms. The van der Waals surface area contributed by atoms with Crippen molar-refractivity contribution >= 4 is 27.0 Å². The van der Waals surface area contributed by atoms with Crippen molar-refractivity contribution in [3.05, 3.63) is 46.7 Å². The summed E-state index contributed by atoms with van der Waals surface area (Å²) in [7, 11) is -0.472. The van der Waals surface area contributed by atoms with Gasteiger partial charge in [-0.3, -0.25) is 0 Å². The summed E-state index contributed by atoms with van der Waals surface area (Å²) in [4.78, 5) is 5.55. The second-order valence-electron chi connectivity index (χ2n) is 6.04. The Kier molecular flexibility index (Phi) is 5.12. The number of hydrogen-bond acceptors (Lipinski definition) is 7. The Bertz CT molecular complexity index is 1010. The van der Waals surface area contributed by atoms with Crippen LogP contribution >= 0.6 is 11.3 Å². The van der Waals surface area contributed by atoms with Crippen LogP contribution in [0.4, 0.5) is 5.69 Å². The normalized spacial score (nSPS) is 11.9. The standard InChI is InChI=1S/C17H20N4O3S2/c1-11-8-13(26(22,23)21(3)4)9-14(12(11)2)18-10-16-19-17(20-24-16)15-6-5-7-25-15/h5-9,18H,10H2,1-4H3. The third kappa shape index (κ3) is 3.64. The predicted octanol–water partition coefficient (Wildman–Crippen LogP) is 3.28. The van der Waals surface area contributed by atoms with Crippen molar-refractivity contribution in [1.29, 1.82) is 0 Å². The summed E-state index contributed by atoms with van der Waals surface area (Å²) in [5, 5.41) is 9.13. The molecule has 0 saturated carbocycles. The minimum atomic E-state index is -3.50. The predicted molar refractivity (Wildman–Crippen MR) is 102 cm³/mol. The fourth-order valence-electron chi connectivity index (χ4n) is 2.37. The van der Waals surface area contributed by atoms with E-state index < -0.39 is 10.0 Å². The van der Waals surface area contributed by atoms with Crippen LogP contribution in [-0.2, 0) is 16.6 Å². The first-order valence-corrected chi connectivity index (χ1v) is 10.2. The van der Waals surface area contributed by atoms with Crippen LogP contribution in [-0.4, -0.2) is 37.0 Å². The Morgan fingerprint density at radius 3 is 2.69 bits per heavy atom. The maximum absolute atomic E-state index is 12.4. The monoisotopic (exact) mass is 392 g/mol. The van der Waals surface area contributed by atoms with E-state index in [4.69, 9.17) is 4.52 Å². The van der Waals surface area contributed by atoms with Crippen LogP contribution in [0.5, 0.6) is 0 Å². The van der Waals surface area contributed by atoms with E-state index in [9.17, 15) is 8.42 Å². The second-order valence-corrected chi connectivity index (χ2v) is 9.14. The van der Waals surface area contributed by atoms with Gasteiger partial charge < -0.3 is 9.84 Å². The zero-order valence-corrected chi connectivity index (χ0v) is 16.6. The topological polar surface area (TPSA) is 88.3 Å². The molecule has 0 unspecified atom stereocenters. The molecule has 0 atom stereocenters. The van der Waals surface area contributed by atoms with Crippen molar-refractivity contribution in [2.45, 2.75) is 25.3 Å². The van der Waals surface area contributed by atoms with E-state index in [1.165, 1.54) is 29.7 Å². The third-order valence-corrected chi connectivity index (χ3v) is 6.72. The summed E-state index contributed by atoms with van der Waals surface area (Å²) in [5.74, 6) is 0.986. The lowest BCUT2D eigenvalue weighted by molar-refractivity contribution is 0.384. The highest BCUT2D eigenvalue weighted by Gasteiger charge is 2.19. The SMILES string of the molecule is Cc1cc(S(=O)(=O)N(C)C)cc(NCc2nc(-c3cccs3)no2)c1C. The van der Waals surface area contributed by atoms with Crippen LogP contribution in [0.15, 0.2) is 39.1 Å². The highest BCUT2D eigenvalue weighted by atomic mass is 32.2. The first-order chi connectivity index (χ1) is 12.3. The summed E-state index contributed by atoms with van der Waals surface area (Å²) in [6, 6.07) is 7.17. The molecule has 0 saturated heterocycles.